The van der Waals surface area contributed by atoms with Crippen molar-refractivity contribution in [2.75, 3.05) is 13.2 Å². The SMILES string of the molecule is C=C(C)C(=O)Oc1ccc(OC(=O)C(=C)C)cc1.OCCO. The van der Waals surface area contributed by atoms with Crippen LogP contribution in [0.2, 0.25) is 0 Å². The fraction of sp³-hybridized carbons (Fsp3) is 0.250. The molecule has 0 aromatic heterocycles. The molecule has 22 heavy (non-hydrogen) atoms. The number of aliphatic hydroxyl groups excluding tert-OH is 2. The van der Waals surface area contributed by atoms with Gasteiger partial charge in [0.15, 0.2) is 0 Å². The van der Waals surface area contributed by atoms with E-state index in [0.29, 0.717) is 22.6 Å². The van der Waals surface area contributed by atoms with Crippen molar-refractivity contribution in [2.24, 2.45) is 0 Å². The zero-order chi connectivity index (χ0) is 17.1. The molecule has 0 atom stereocenters. The highest BCUT2D eigenvalue weighted by Gasteiger charge is 2.07. The third-order valence-electron chi connectivity index (χ3n) is 2.04. The predicted molar refractivity (Wildman–Crippen MR) is 81.5 cm³/mol. The zero-order valence-electron chi connectivity index (χ0n) is 12.7. The third kappa shape index (κ3) is 7.98. The molecule has 0 aliphatic carbocycles. The van der Waals surface area contributed by atoms with Crippen LogP contribution >= 0.6 is 0 Å². The van der Waals surface area contributed by atoms with Gasteiger partial charge in [-0.2, -0.15) is 0 Å². The summed E-state index contributed by atoms with van der Waals surface area (Å²) in [6.45, 7) is 9.82. The van der Waals surface area contributed by atoms with Crippen LogP contribution in [0, 0.1) is 0 Å². The Kier molecular flexibility index (Phi) is 9.17. The van der Waals surface area contributed by atoms with E-state index in [0.717, 1.165) is 0 Å². The highest BCUT2D eigenvalue weighted by Crippen LogP contribution is 2.19. The Hall–Kier alpha value is -2.44. The quantitative estimate of drug-likeness (QED) is 0.488. The largest absolute Gasteiger partial charge is 0.423 e. The van der Waals surface area contributed by atoms with Crippen molar-refractivity contribution in [3.05, 3.63) is 48.6 Å². The van der Waals surface area contributed by atoms with Crippen LogP contribution < -0.4 is 9.47 Å². The monoisotopic (exact) mass is 308 g/mol. The van der Waals surface area contributed by atoms with Crippen LogP contribution in [0.25, 0.3) is 0 Å². The first-order valence-corrected chi connectivity index (χ1v) is 6.39. The van der Waals surface area contributed by atoms with Crippen molar-refractivity contribution in [1.82, 2.24) is 0 Å². The van der Waals surface area contributed by atoms with Crippen LogP contribution in [0.5, 0.6) is 11.5 Å². The minimum Gasteiger partial charge on any atom is -0.423 e. The highest BCUT2D eigenvalue weighted by atomic mass is 16.5. The molecule has 0 saturated heterocycles. The van der Waals surface area contributed by atoms with E-state index in [4.69, 9.17) is 19.7 Å². The van der Waals surface area contributed by atoms with Gasteiger partial charge < -0.3 is 19.7 Å². The Morgan fingerprint density at radius 1 is 0.864 bits per heavy atom. The summed E-state index contributed by atoms with van der Waals surface area (Å²) in [5, 5.41) is 15.2. The summed E-state index contributed by atoms with van der Waals surface area (Å²) in [7, 11) is 0. The standard InChI is InChI=1S/C14H14O4.C2H6O2/c1-9(2)13(15)17-11-5-7-12(8-6-11)18-14(16)10(3)4;3-1-2-4/h5-8H,1,3H2,2,4H3;3-4H,1-2H2. The van der Waals surface area contributed by atoms with E-state index in [1.165, 1.54) is 24.3 Å². The molecule has 6 nitrogen and oxygen atoms in total. The molecule has 6 heteroatoms. The lowest BCUT2D eigenvalue weighted by Crippen LogP contribution is -2.09. The summed E-state index contributed by atoms with van der Waals surface area (Å²) in [6, 6.07) is 6.12. The molecule has 0 heterocycles. The Morgan fingerprint density at radius 2 is 1.14 bits per heavy atom. The molecule has 0 fully saturated rings. The maximum absolute atomic E-state index is 11.2. The van der Waals surface area contributed by atoms with Gasteiger partial charge in [-0.15, -0.1) is 0 Å². The number of ether oxygens (including phenoxy) is 2. The average molecular weight is 308 g/mol. The normalized spacial score (nSPS) is 9.09. The van der Waals surface area contributed by atoms with Crippen LogP contribution in [-0.2, 0) is 9.59 Å². The smallest absolute Gasteiger partial charge is 0.338 e. The Morgan fingerprint density at radius 3 is 1.32 bits per heavy atom. The molecule has 1 rings (SSSR count). The Bertz CT molecular complexity index is 481. The summed E-state index contributed by atoms with van der Waals surface area (Å²) in [4.78, 5) is 22.5. The molecular weight excluding hydrogens is 288 g/mol. The second-order valence-electron chi connectivity index (χ2n) is 4.26. The van der Waals surface area contributed by atoms with Gasteiger partial charge in [0, 0.05) is 11.1 Å². The molecule has 2 N–H and O–H groups in total. The van der Waals surface area contributed by atoms with Gasteiger partial charge in [0.25, 0.3) is 0 Å². The van der Waals surface area contributed by atoms with Gasteiger partial charge in [-0.25, -0.2) is 9.59 Å². The van der Waals surface area contributed by atoms with E-state index in [1.807, 2.05) is 0 Å². The number of carbonyl (C=O) groups is 2. The van der Waals surface area contributed by atoms with E-state index in [2.05, 4.69) is 13.2 Å². The first kappa shape index (κ1) is 19.6. The van der Waals surface area contributed by atoms with Gasteiger partial charge in [-0.1, -0.05) is 13.2 Å². The number of aliphatic hydroxyl groups is 2. The van der Waals surface area contributed by atoms with Crippen molar-refractivity contribution < 1.29 is 29.3 Å². The first-order chi connectivity index (χ1) is 10.3. The number of esters is 2. The fourth-order valence-electron chi connectivity index (χ4n) is 0.964. The van der Waals surface area contributed by atoms with E-state index in [9.17, 15) is 9.59 Å². The van der Waals surface area contributed by atoms with E-state index in [-0.39, 0.29) is 13.2 Å². The summed E-state index contributed by atoms with van der Waals surface area (Å²) in [6.07, 6.45) is 0. The van der Waals surface area contributed by atoms with Gasteiger partial charge in [-0.3, -0.25) is 0 Å². The molecule has 0 unspecified atom stereocenters. The van der Waals surface area contributed by atoms with Crippen LogP contribution in [-0.4, -0.2) is 35.4 Å². The van der Waals surface area contributed by atoms with E-state index < -0.39 is 11.9 Å². The number of hydrogen-bond donors (Lipinski definition) is 2. The van der Waals surface area contributed by atoms with Crippen molar-refractivity contribution in [1.29, 1.82) is 0 Å². The minimum atomic E-state index is -0.498. The van der Waals surface area contributed by atoms with Crippen LogP contribution in [0.1, 0.15) is 13.8 Å². The summed E-state index contributed by atoms with van der Waals surface area (Å²) in [5.41, 5.74) is 0.626. The Labute approximate surface area is 129 Å². The van der Waals surface area contributed by atoms with Crippen molar-refractivity contribution in [2.45, 2.75) is 13.8 Å². The van der Waals surface area contributed by atoms with Gasteiger partial charge in [0.1, 0.15) is 11.5 Å². The number of hydrogen-bond acceptors (Lipinski definition) is 6. The number of benzene rings is 1. The second kappa shape index (κ2) is 10.3. The zero-order valence-corrected chi connectivity index (χ0v) is 12.7. The van der Waals surface area contributed by atoms with E-state index >= 15 is 0 Å². The molecule has 0 aliphatic heterocycles. The average Bonchev–Trinajstić information content (AvgIpc) is 2.49. The lowest BCUT2D eigenvalue weighted by molar-refractivity contribution is -0.131. The van der Waals surface area contributed by atoms with Crippen LogP contribution in [0.15, 0.2) is 48.6 Å². The molecule has 1 aromatic carbocycles. The summed E-state index contributed by atoms with van der Waals surface area (Å²) in [5.74, 6) is -0.278. The predicted octanol–water partition coefficient (Wildman–Crippen LogP) is 1.62. The topological polar surface area (TPSA) is 93.1 Å². The van der Waals surface area contributed by atoms with Crippen molar-refractivity contribution in [3.63, 3.8) is 0 Å². The first-order valence-electron chi connectivity index (χ1n) is 6.39. The fourth-order valence-corrected chi connectivity index (χ4v) is 0.964. The number of carbonyl (C=O) groups excluding carboxylic acids is 2. The lowest BCUT2D eigenvalue weighted by atomic mass is 10.3. The molecule has 120 valence electrons. The van der Waals surface area contributed by atoms with Crippen LogP contribution in [0.3, 0.4) is 0 Å². The molecule has 0 spiro atoms. The van der Waals surface area contributed by atoms with Crippen molar-refractivity contribution >= 4 is 11.9 Å². The molecule has 0 bridgehead atoms. The molecular formula is C16H20O6. The third-order valence-corrected chi connectivity index (χ3v) is 2.04. The molecule has 0 aliphatic rings. The van der Waals surface area contributed by atoms with E-state index in [1.54, 1.807) is 13.8 Å². The Balaban J connectivity index is 0.000000980. The van der Waals surface area contributed by atoms with Gasteiger partial charge in [0.05, 0.1) is 13.2 Å². The molecule has 0 saturated carbocycles. The van der Waals surface area contributed by atoms with Gasteiger partial charge >= 0.3 is 11.9 Å². The molecule has 0 radical (unpaired) electrons. The molecule has 1 aromatic rings. The summed E-state index contributed by atoms with van der Waals surface area (Å²) >= 11 is 0. The highest BCUT2D eigenvalue weighted by molar-refractivity contribution is 5.89. The summed E-state index contributed by atoms with van der Waals surface area (Å²) < 4.78 is 9.97. The van der Waals surface area contributed by atoms with Crippen LogP contribution in [0.4, 0.5) is 0 Å². The minimum absolute atomic E-state index is 0.125. The van der Waals surface area contributed by atoms with Gasteiger partial charge in [0.2, 0.25) is 0 Å². The maximum atomic E-state index is 11.2. The van der Waals surface area contributed by atoms with Gasteiger partial charge in [-0.05, 0) is 38.1 Å². The number of rotatable bonds is 5. The lowest BCUT2D eigenvalue weighted by Gasteiger charge is -2.06. The van der Waals surface area contributed by atoms with Crippen molar-refractivity contribution in [3.8, 4) is 11.5 Å². The maximum Gasteiger partial charge on any atom is 0.338 e. The second-order valence-corrected chi connectivity index (χ2v) is 4.26. The molecule has 0 amide bonds.